The zero-order valence-electron chi connectivity index (χ0n) is 16.0. The Morgan fingerprint density at radius 3 is 3.04 bits per heavy atom. The molecule has 0 bridgehead atoms. The number of aromatic nitrogens is 2. The van der Waals surface area contributed by atoms with E-state index in [-0.39, 0.29) is 12.2 Å². The maximum absolute atomic E-state index is 12.0. The number of nitrogens with two attached hydrogens (primary N) is 1. The number of carbonyl (C=O) groups excluding carboxylic acids is 1. The predicted octanol–water partition coefficient (Wildman–Crippen LogP) is 3.56. The van der Waals surface area contributed by atoms with Gasteiger partial charge in [-0.15, -0.1) is 0 Å². The van der Waals surface area contributed by atoms with Crippen molar-refractivity contribution in [3.05, 3.63) is 41.2 Å². The molecular formula is C19H25ClN6O2. The van der Waals surface area contributed by atoms with Gasteiger partial charge in [0.05, 0.1) is 18.8 Å². The summed E-state index contributed by atoms with van der Waals surface area (Å²) in [5.74, 6) is 1.27. The molecule has 0 fully saturated rings. The van der Waals surface area contributed by atoms with Crippen molar-refractivity contribution in [2.75, 3.05) is 29.1 Å². The van der Waals surface area contributed by atoms with E-state index in [4.69, 9.17) is 22.1 Å². The van der Waals surface area contributed by atoms with Crippen LogP contribution in [-0.2, 0) is 4.74 Å². The standard InChI is InChI=1S/C19H25ClN6O2/c1-12(14-6-5-7-15(20)10-14)24-19(27)28-9-4-3-8-26-13(2)25-16-17(21)22-11-23-18(16)26/h5-7,10-13,25H,3-4,8-9H2,1-2H3,(H,24,27)(H2,21,22,23)/t12-,13?/m1/s1. The Kier molecular flexibility index (Phi) is 6.41. The second-order valence-electron chi connectivity index (χ2n) is 6.74. The summed E-state index contributed by atoms with van der Waals surface area (Å²) in [6.45, 7) is 5.06. The molecular weight excluding hydrogens is 380 g/mol. The zero-order valence-corrected chi connectivity index (χ0v) is 16.7. The van der Waals surface area contributed by atoms with Gasteiger partial charge in [-0.25, -0.2) is 14.8 Å². The number of nitrogen functional groups attached to an aromatic ring is 1. The number of hydrogen-bond donors (Lipinski definition) is 3. The van der Waals surface area contributed by atoms with Crippen LogP contribution in [0.4, 0.5) is 22.1 Å². The SMILES string of the molecule is CC1Nc2c(N)ncnc2N1CCCCOC(=O)N[C@H](C)c1cccc(Cl)c1. The van der Waals surface area contributed by atoms with E-state index >= 15 is 0 Å². The van der Waals surface area contributed by atoms with Gasteiger partial charge in [0.2, 0.25) is 0 Å². The number of carbonyl (C=O) groups is 1. The topological polar surface area (TPSA) is 105 Å². The molecule has 0 saturated carbocycles. The Labute approximate surface area is 169 Å². The number of rotatable bonds is 7. The molecule has 1 aromatic heterocycles. The third-order valence-corrected chi connectivity index (χ3v) is 4.89. The van der Waals surface area contributed by atoms with Gasteiger partial charge in [0.25, 0.3) is 0 Å². The number of nitrogens with zero attached hydrogens (tertiary/aromatic N) is 3. The number of ether oxygens (including phenoxy) is 1. The van der Waals surface area contributed by atoms with Crippen LogP contribution in [0.15, 0.2) is 30.6 Å². The summed E-state index contributed by atoms with van der Waals surface area (Å²) in [7, 11) is 0. The third kappa shape index (κ3) is 4.75. The van der Waals surface area contributed by atoms with E-state index in [9.17, 15) is 4.79 Å². The van der Waals surface area contributed by atoms with Crippen molar-refractivity contribution in [1.82, 2.24) is 15.3 Å². The predicted molar refractivity (Wildman–Crippen MR) is 110 cm³/mol. The van der Waals surface area contributed by atoms with Gasteiger partial charge in [-0.1, -0.05) is 23.7 Å². The Morgan fingerprint density at radius 1 is 1.43 bits per heavy atom. The number of unbranched alkanes of at least 4 members (excludes halogenated alkanes) is 1. The number of benzene rings is 1. The fraction of sp³-hybridized carbons (Fsp3) is 0.421. The average Bonchev–Trinajstić information content (AvgIpc) is 2.98. The fourth-order valence-corrected chi connectivity index (χ4v) is 3.34. The summed E-state index contributed by atoms with van der Waals surface area (Å²) >= 11 is 5.98. The molecule has 4 N–H and O–H groups in total. The molecule has 3 rings (SSSR count). The lowest BCUT2D eigenvalue weighted by Gasteiger charge is -2.22. The maximum atomic E-state index is 12.0. The minimum Gasteiger partial charge on any atom is -0.450 e. The second kappa shape index (κ2) is 8.97. The van der Waals surface area contributed by atoms with Crippen LogP contribution in [0.3, 0.4) is 0 Å². The van der Waals surface area contributed by atoms with E-state index in [0.717, 1.165) is 36.5 Å². The summed E-state index contributed by atoms with van der Waals surface area (Å²) in [6.07, 6.45) is 2.73. The minimum absolute atomic E-state index is 0.0942. The Morgan fingerprint density at radius 2 is 2.25 bits per heavy atom. The van der Waals surface area contributed by atoms with Crippen molar-refractivity contribution >= 4 is 35.0 Å². The van der Waals surface area contributed by atoms with Crippen LogP contribution < -0.4 is 21.3 Å². The molecule has 1 amide bonds. The minimum atomic E-state index is -0.436. The van der Waals surface area contributed by atoms with E-state index in [1.807, 2.05) is 32.0 Å². The second-order valence-corrected chi connectivity index (χ2v) is 7.17. The van der Waals surface area contributed by atoms with Gasteiger partial charge >= 0.3 is 6.09 Å². The molecule has 2 aromatic rings. The van der Waals surface area contributed by atoms with Crippen LogP contribution in [0.25, 0.3) is 0 Å². The first kappa shape index (κ1) is 20.0. The molecule has 0 radical (unpaired) electrons. The van der Waals surface area contributed by atoms with Gasteiger partial charge in [0, 0.05) is 11.6 Å². The summed E-state index contributed by atoms with van der Waals surface area (Å²) in [5.41, 5.74) is 7.59. The number of halogens is 1. The van der Waals surface area contributed by atoms with Crippen molar-refractivity contribution in [3.8, 4) is 0 Å². The highest BCUT2D eigenvalue weighted by Gasteiger charge is 2.28. The van der Waals surface area contributed by atoms with Gasteiger partial charge < -0.3 is 26.0 Å². The van der Waals surface area contributed by atoms with Gasteiger partial charge in [-0.3, -0.25) is 0 Å². The molecule has 0 saturated heterocycles. The van der Waals surface area contributed by atoms with Crippen LogP contribution in [0.1, 0.15) is 38.3 Å². The largest absolute Gasteiger partial charge is 0.450 e. The molecule has 8 nitrogen and oxygen atoms in total. The van der Waals surface area contributed by atoms with Crippen LogP contribution >= 0.6 is 11.6 Å². The summed E-state index contributed by atoms with van der Waals surface area (Å²) in [6, 6.07) is 7.21. The molecule has 0 spiro atoms. The van der Waals surface area contributed by atoms with E-state index < -0.39 is 6.09 Å². The Bertz CT molecular complexity index is 834. The molecule has 9 heteroatoms. The number of anilines is 3. The molecule has 1 unspecified atom stereocenters. The smallest absolute Gasteiger partial charge is 0.407 e. The van der Waals surface area contributed by atoms with E-state index in [1.54, 1.807) is 6.07 Å². The van der Waals surface area contributed by atoms with Crippen molar-refractivity contribution in [2.24, 2.45) is 0 Å². The molecule has 0 aliphatic carbocycles. The first-order valence-electron chi connectivity index (χ1n) is 9.28. The molecule has 2 atom stereocenters. The number of amides is 1. The zero-order chi connectivity index (χ0) is 20.1. The average molecular weight is 405 g/mol. The van der Waals surface area contributed by atoms with Gasteiger partial charge in [0.1, 0.15) is 12.0 Å². The molecule has 1 aromatic carbocycles. The van der Waals surface area contributed by atoms with Crippen molar-refractivity contribution in [1.29, 1.82) is 0 Å². The Hall–Kier alpha value is -2.74. The van der Waals surface area contributed by atoms with E-state index in [2.05, 4.69) is 25.5 Å². The lowest BCUT2D eigenvalue weighted by molar-refractivity contribution is 0.141. The molecule has 28 heavy (non-hydrogen) atoms. The number of nitrogens with one attached hydrogen (secondary N) is 2. The van der Waals surface area contributed by atoms with E-state index in [0.29, 0.717) is 17.4 Å². The number of fused-ring (bicyclic) bond motifs is 1. The summed E-state index contributed by atoms with van der Waals surface area (Å²) in [4.78, 5) is 22.4. The van der Waals surface area contributed by atoms with Crippen LogP contribution in [0, 0.1) is 0 Å². The van der Waals surface area contributed by atoms with Crippen molar-refractivity contribution < 1.29 is 9.53 Å². The van der Waals surface area contributed by atoms with E-state index in [1.165, 1.54) is 6.33 Å². The number of hydrogen-bond acceptors (Lipinski definition) is 7. The van der Waals surface area contributed by atoms with Gasteiger partial charge in [-0.2, -0.15) is 0 Å². The maximum Gasteiger partial charge on any atom is 0.407 e. The fourth-order valence-electron chi connectivity index (χ4n) is 3.14. The third-order valence-electron chi connectivity index (χ3n) is 4.66. The Balaban J connectivity index is 1.38. The first-order valence-corrected chi connectivity index (χ1v) is 9.66. The van der Waals surface area contributed by atoms with Crippen LogP contribution in [0.2, 0.25) is 5.02 Å². The lowest BCUT2D eigenvalue weighted by Crippen LogP contribution is -2.34. The first-order chi connectivity index (χ1) is 13.5. The molecule has 1 aliphatic rings. The highest BCUT2D eigenvalue weighted by molar-refractivity contribution is 6.30. The van der Waals surface area contributed by atoms with Gasteiger partial charge in [-0.05, 0) is 44.4 Å². The summed E-state index contributed by atoms with van der Waals surface area (Å²) in [5, 5.41) is 6.74. The van der Waals surface area contributed by atoms with Crippen molar-refractivity contribution in [2.45, 2.75) is 38.9 Å². The lowest BCUT2D eigenvalue weighted by atomic mass is 10.1. The molecule has 150 valence electrons. The van der Waals surface area contributed by atoms with Gasteiger partial charge in [0.15, 0.2) is 11.6 Å². The highest BCUT2D eigenvalue weighted by atomic mass is 35.5. The number of alkyl carbamates (subject to hydrolysis) is 1. The highest BCUT2D eigenvalue weighted by Crippen LogP contribution is 2.35. The molecule has 1 aliphatic heterocycles. The summed E-state index contributed by atoms with van der Waals surface area (Å²) < 4.78 is 5.28. The van der Waals surface area contributed by atoms with Crippen molar-refractivity contribution in [3.63, 3.8) is 0 Å². The normalized spacial score (nSPS) is 16.2. The monoisotopic (exact) mass is 404 g/mol. The van der Waals surface area contributed by atoms with Crippen LogP contribution in [0.5, 0.6) is 0 Å². The molecule has 2 heterocycles. The quantitative estimate of drug-likeness (QED) is 0.606. The van der Waals surface area contributed by atoms with Crippen LogP contribution in [-0.4, -0.2) is 35.4 Å².